The summed E-state index contributed by atoms with van der Waals surface area (Å²) in [7, 11) is 3.47. The van der Waals surface area contributed by atoms with Crippen LogP contribution in [-0.2, 0) is 0 Å². The van der Waals surface area contributed by atoms with E-state index in [4.69, 9.17) is 4.74 Å². The number of nitrogens with zero attached hydrogens (tertiary/aromatic N) is 1. The molecule has 1 aliphatic rings. The predicted molar refractivity (Wildman–Crippen MR) is 86.7 cm³/mol. The third-order valence-corrected chi connectivity index (χ3v) is 3.94. The molecule has 0 saturated carbocycles. The smallest absolute Gasteiger partial charge is 0.316 e. The summed E-state index contributed by atoms with van der Waals surface area (Å²) in [6.45, 7) is 2.10. The molecule has 0 spiro atoms. The minimum Gasteiger partial charge on any atom is -0.493 e. The van der Waals surface area contributed by atoms with Crippen LogP contribution in [-0.4, -0.2) is 44.7 Å². The molecule has 116 valence electrons. The van der Waals surface area contributed by atoms with Gasteiger partial charge in [-0.15, -0.1) is 0 Å². The van der Waals surface area contributed by atoms with Gasteiger partial charge in [0.25, 0.3) is 0 Å². The zero-order chi connectivity index (χ0) is 15.2. The van der Waals surface area contributed by atoms with Gasteiger partial charge in [0, 0.05) is 43.3 Å². The zero-order valence-electron chi connectivity index (χ0n) is 12.5. The van der Waals surface area contributed by atoms with Crippen molar-refractivity contribution in [1.82, 2.24) is 15.5 Å². The molecule has 0 aliphatic carbocycles. The Balaban J connectivity index is 1.90. The van der Waals surface area contributed by atoms with E-state index in [1.54, 1.807) is 14.1 Å². The Kier molecular flexibility index (Phi) is 5.87. The molecule has 1 aromatic rings. The third-order valence-electron chi connectivity index (χ3n) is 3.44. The quantitative estimate of drug-likeness (QED) is 0.816. The van der Waals surface area contributed by atoms with Crippen molar-refractivity contribution in [2.75, 3.05) is 33.8 Å². The molecule has 5 nitrogen and oxygen atoms in total. The van der Waals surface area contributed by atoms with Crippen LogP contribution in [0.4, 0.5) is 4.79 Å². The van der Waals surface area contributed by atoms with Crippen LogP contribution in [0.25, 0.3) is 0 Å². The Hall–Kier alpha value is -1.27. The largest absolute Gasteiger partial charge is 0.493 e. The predicted octanol–water partition coefficient (Wildman–Crippen LogP) is 2.52. The van der Waals surface area contributed by atoms with Crippen LogP contribution in [0.5, 0.6) is 5.75 Å². The number of benzene rings is 1. The number of fused-ring (bicyclic) bond motifs is 1. The summed E-state index contributed by atoms with van der Waals surface area (Å²) in [5, 5.41) is 6.36. The summed E-state index contributed by atoms with van der Waals surface area (Å²) in [6, 6.07) is 6.36. The standard InChI is InChI=1S/C15H22BrN3O2/c1-19(2)15(20)18-8-7-17-13-4-3-9-21-14-10-11(16)5-6-12(13)14/h5-6,10,13,17H,3-4,7-9H2,1-2H3,(H,18,20). The van der Waals surface area contributed by atoms with E-state index < -0.39 is 0 Å². The molecule has 1 aliphatic heterocycles. The van der Waals surface area contributed by atoms with Gasteiger partial charge in [-0.25, -0.2) is 4.79 Å². The van der Waals surface area contributed by atoms with Crippen LogP contribution in [0, 0.1) is 0 Å². The van der Waals surface area contributed by atoms with Crippen LogP contribution < -0.4 is 15.4 Å². The lowest BCUT2D eigenvalue weighted by atomic mass is 10.0. The summed E-state index contributed by atoms with van der Waals surface area (Å²) < 4.78 is 6.82. The van der Waals surface area contributed by atoms with E-state index in [2.05, 4.69) is 32.6 Å². The van der Waals surface area contributed by atoms with Crippen LogP contribution in [0.15, 0.2) is 22.7 Å². The molecule has 2 rings (SSSR count). The number of nitrogens with one attached hydrogen (secondary N) is 2. The number of ether oxygens (including phenoxy) is 1. The van der Waals surface area contributed by atoms with E-state index in [-0.39, 0.29) is 12.1 Å². The number of halogens is 1. The maximum atomic E-state index is 11.4. The minimum absolute atomic E-state index is 0.0645. The second-order valence-electron chi connectivity index (χ2n) is 5.31. The summed E-state index contributed by atoms with van der Waals surface area (Å²) >= 11 is 3.48. The molecule has 1 heterocycles. The number of hydrogen-bond donors (Lipinski definition) is 2. The van der Waals surface area contributed by atoms with Crippen molar-refractivity contribution in [3.05, 3.63) is 28.2 Å². The molecule has 1 unspecified atom stereocenters. The number of amides is 2. The number of carbonyl (C=O) groups is 1. The van der Waals surface area contributed by atoms with Gasteiger partial charge in [-0.05, 0) is 25.0 Å². The fraction of sp³-hybridized carbons (Fsp3) is 0.533. The van der Waals surface area contributed by atoms with Crippen molar-refractivity contribution in [2.24, 2.45) is 0 Å². The molecule has 0 radical (unpaired) electrons. The lowest BCUT2D eigenvalue weighted by molar-refractivity contribution is 0.217. The summed E-state index contributed by atoms with van der Waals surface area (Å²) in [5.74, 6) is 0.941. The molecular weight excluding hydrogens is 334 g/mol. The number of rotatable bonds is 4. The van der Waals surface area contributed by atoms with Crippen molar-refractivity contribution in [1.29, 1.82) is 0 Å². The van der Waals surface area contributed by atoms with Crippen molar-refractivity contribution in [2.45, 2.75) is 18.9 Å². The average molecular weight is 356 g/mol. The van der Waals surface area contributed by atoms with Gasteiger partial charge in [0.2, 0.25) is 0 Å². The summed E-state index contributed by atoms with van der Waals surface area (Å²) in [6.07, 6.45) is 2.06. The molecule has 2 amide bonds. The first kappa shape index (κ1) is 16.1. The lowest BCUT2D eigenvalue weighted by Gasteiger charge is -2.19. The first-order valence-corrected chi connectivity index (χ1v) is 7.98. The second kappa shape index (κ2) is 7.66. The van der Waals surface area contributed by atoms with Crippen molar-refractivity contribution >= 4 is 22.0 Å². The van der Waals surface area contributed by atoms with Gasteiger partial charge in [-0.1, -0.05) is 22.0 Å². The van der Waals surface area contributed by atoms with Crippen molar-refractivity contribution in [3.63, 3.8) is 0 Å². The van der Waals surface area contributed by atoms with Crippen LogP contribution in [0.2, 0.25) is 0 Å². The van der Waals surface area contributed by atoms with Gasteiger partial charge in [-0.2, -0.15) is 0 Å². The SMILES string of the molecule is CN(C)C(=O)NCCNC1CCCOc2cc(Br)ccc21. The highest BCUT2D eigenvalue weighted by atomic mass is 79.9. The Labute approximate surface area is 134 Å². The van der Waals surface area contributed by atoms with Crippen molar-refractivity contribution in [3.8, 4) is 5.75 Å². The van der Waals surface area contributed by atoms with E-state index in [9.17, 15) is 4.79 Å². The Morgan fingerprint density at radius 1 is 1.43 bits per heavy atom. The van der Waals surface area contributed by atoms with Gasteiger partial charge in [0.05, 0.1) is 6.61 Å². The van der Waals surface area contributed by atoms with Crippen LogP contribution >= 0.6 is 15.9 Å². The fourth-order valence-corrected chi connectivity index (χ4v) is 2.67. The molecule has 21 heavy (non-hydrogen) atoms. The lowest BCUT2D eigenvalue weighted by Crippen LogP contribution is -2.39. The van der Waals surface area contributed by atoms with Crippen LogP contribution in [0.1, 0.15) is 24.4 Å². The number of carbonyl (C=O) groups excluding carboxylic acids is 1. The van der Waals surface area contributed by atoms with E-state index in [1.165, 1.54) is 10.5 Å². The zero-order valence-corrected chi connectivity index (χ0v) is 14.1. The monoisotopic (exact) mass is 355 g/mol. The van der Waals surface area contributed by atoms with Crippen molar-refractivity contribution < 1.29 is 9.53 Å². The molecule has 0 bridgehead atoms. The normalized spacial score (nSPS) is 17.4. The van der Waals surface area contributed by atoms with Gasteiger partial charge < -0.3 is 20.3 Å². The topological polar surface area (TPSA) is 53.6 Å². The molecule has 0 fully saturated rings. The first-order valence-electron chi connectivity index (χ1n) is 7.18. The molecule has 6 heteroatoms. The first-order chi connectivity index (χ1) is 10.1. The Morgan fingerprint density at radius 2 is 2.24 bits per heavy atom. The Morgan fingerprint density at radius 3 is 3.00 bits per heavy atom. The molecule has 2 N–H and O–H groups in total. The van der Waals surface area contributed by atoms with Gasteiger partial charge in [0.15, 0.2) is 0 Å². The van der Waals surface area contributed by atoms with E-state index in [0.29, 0.717) is 6.54 Å². The molecular formula is C15H22BrN3O2. The van der Waals surface area contributed by atoms with E-state index in [0.717, 1.165) is 36.2 Å². The fourth-order valence-electron chi connectivity index (χ4n) is 2.33. The van der Waals surface area contributed by atoms with Gasteiger partial charge in [0.1, 0.15) is 5.75 Å². The molecule has 0 saturated heterocycles. The van der Waals surface area contributed by atoms with Crippen LogP contribution in [0.3, 0.4) is 0 Å². The van der Waals surface area contributed by atoms with E-state index in [1.807, 2.05) is 12.1 Å². The maximum Gasteiger partial charge on any atom is 0.316 e. The van der Waals surface area contributed by atoms with E-state index >= 15 is 0 Å². The third kappa shape index (κ3) is 4.61. The highest BCUT2D eigenvalue weighted by Crippen LogP contribution is 2.33. The minimum atomic E-state index is -0.0645. The highest BCUT2D eigenvalue weighted by molar-refractivity contribution is 9.10. The number of urea groups is 1. The second-order valence-corrected chi connectivity index (χ2v) is 6.22. The highest BCUT2D eigenvalue weighted by Gasteiger charge is 2.19. The van der Waals surface area contributed by atoms with Gasteiger partial charge in [-0.3, -0.25) is 0 Å². The van der Waals surface area contributed by atoms with Gasteiger partial charge >= 0.3 is 6.03 Å². The Bertz CT molecular complexity index is 494. The summed E-state index contributed by atoms with van der Waals surface area (Å²) in [4.78, 5) is 13.0. The molecule has 0 aromatic heterocycles. The average Bonchev–Trinajstić information content (AvgIpc) is 2.65. The molecule has 1 aromatic carbocycles. The molecule has 1 atom stereocenters. The maximum absolute atomic E-state index is 11.4. The summed E-state index contributed by atoms with van der Waals surface area (Å²) in [5.41, 5.74) is 1.19. The number of hydrogen-bond acceptors (Lipinski definition) is 3.